The number of pyridine rings is 1. The molecule has 0 bridgehead atoms. The number of anilines is 1. The van der Waals surface area contributed by atoms with Crippen LogP contribution in [0.15, 0.2) is 51.5 Å². The van der Waals surface area contributed by atoms with E-state index < -0.39 is 0 Å². The summed E-state index contributed by atoms with van der Waals surface area (Å²) >= 11 is 3.45. The SMILES string of the molecule is Cc1nc(NCC(C)c2nc(-c3ccccc3)no2)ccc1Br. The predicted molar refractivity (Wildman–Crippen MR) is 93.3 cm³/mol. The molecule has 0 spiro atoms. The maximum absolute atomic E-state index is 5.38. The first-order chi connectivity index (χ1) is 11.1. The maximum atomic E-state index is 5.38. The highest BCUT2D eigenvalue weighted by atomic mass is 79.9. The first-order valence-corrected chi connectivity index (χ1v) is 8.19. The molecule has 1 unspecified atom stereocenters. The van der Waals surface area contributed by atoms with E-state index in [4.69, 9.17) is 4.52 Å². The molecule has 23 heavy (non-hydrogen) atoms. The molecular weight excluding hydrogens is 356 g/mol. The maximum Gasteiger partial charge on any atom is 0.231 e. The Hall–Kier alpha value is -2.21. The third-order valence-electron chi connectivity index (χ3n) is 3.51. The summed E-state index contributed by atoms with van der Waals surface area (Å²) in [6, 6.07) is 13.7. The zero-order valence-corrected chi connectivity index (χ0v) is 14.5. The summed E-state index contributed by atoms with van der Waals surface area (Å²) in [6.45, 7) is 4.67. The molecule has 5 nitrogen and oxygen atoms in total. The predicted octanol–water partition coefficient (Wildman–Crippen LogP) is 4.42. The molecule has 0 aliphatic heterocycles. The van der Waals surface area contributed by atoms with Crippen LogP contribution in [0, 0.1) is 6.92 Å². The molecule has 0 aliphatic rings. The van der Waals surface area contributed by atoms with E-state index in [1.807, 2.05) is 56.3 Å². The largest absolute Gasteiger partial charge is 0.369 e. The fraction of sp³-hybridized carbons (Fsp3) is 0.235. The van der Waals surface area contributed by atoms with Crippen LogP contribution in [0.1, 0.15) is 24.4 Å². The Morgan fingerprint density at radius 1 is 1.13 bits per heavy atom. The first kappa shape index (κ1) is 15.7. The van der Waals surface area contributed by atoms with E-state index in [1.54, 1.807) is 0 Å². The van der Waals surface area contributed by atoms with Crippen LogP contribution in [0.5, 0.6) is 0 Å². The average Bonchev–Trinajstić information content (AvgIpc) is 3.06. The van der Waals surface area contributed by atoms with E-state index in [0.29, 0.717) is 18.3 Å². The topological polar surface area (TPSA) is 63.8 Å². The normalized spacial score (nSPS) is 12.1. The standard InChI is InChI=1S/C17H17BrN4O/c1-11(10-19-15-9-8-14(18)12(2)20-15)17-21-16(22-23-17)13-6-4-3-5-7-13/h3-9,11H,10H2,1-2H3,(H,19,20). The average molecular weight is 373 g/mol. The summed E-state index contributed by atoms with van der Waals surface area (Å²) in [5.74, 6) is 2.15. The van der Waals surface area contributed by atoms with Gasteiger partial charge in [0.05, 0.1) is 11.6 Å². The lowest BCUT2D eigenvalue weighted by molar-refractivity contribution is 0.363. The molecular formula is C17H17BrN4O. The lowest BCUT2D eigenvalue weighted by Gasteiger charge is -2.10. The molecule has 0 saturated heterocycles. The number of aromatic nitrogens is 3. The van der Waals surface area contributed by atoms with Gasteiger partial charge in [0, 0.05) is 16.6 Å². The Labute approximate surface area is 143 Å². The third kappa shape index (κ3) is 3.76. The van der Waals surface area contributed by atoms with Gasteiger partial charge in [-0.2, -0.15) is 4.98 Å². The van der Waals surface area contributed by atoms with E-state index in [-0.39, 0.29) is 5.92 Å². The number of halogens is 1. The summed E-state index contributed by atoms with van der Waals surface area (Å²) in [5, 5.41) is 7.35. The van der Waals surface area contributed by atoms with Gasteiger partial charge in [0.25, 0.3) is 0 Å². The van der Waals surface area contributed by atoms with Crippen LogP contribution >= 0.6 is 15.9 Å². The number of hydrogen-bond donors (Lipinski definition) is 1. The quantitative estimate of drug-likeness (QED) is 0.717. The number of nitrogens with one attached hydrogen (secondary N) is 1. The number of aryl methyl sites for hydroxylation is 1. The summed E-state index contributed by atoms with van der Waals surface area (Å²) in [5.41, 5.74) is 1.90. The van der Waals surface area contributed by atoms with Crippen LogP contribution in [0.4, 0.5) is 5.82 Å². The van der Waals surface area contributed by atoms with Crippen molar-refractivity contribution in [2.24, 2.45) is 0 Å². The Balaban J connectivity index is 1.65. The van der Waals surface area contributed by atoms with Crippen LogP contribution < -0.4 is 5.32 Å². The monoisotopic (exact) mass is 372 g/mol. The minimum atomic E-state index is 0.0886. The zero-order valence-electron chi connectivity index (χ0n) is 13.0. The van der Waals surface area contributed by atoms with Crippen molar-refractivity contribution >= 4 is 21.7 Å². The van der Waals surface area contributed by atoms with Gasteiger partial charge >= 0.3 is 0 Å². The van der Waals surface area contributed by atoms with Crippen molar-refractivity contribution in [2.75, 3.05) is 11.9 Å². The number of benzene rings is 1. The van der Waals surface area contributed by atoms with Crippen LogP contribution in [0.2, 0.25) is 0 Å². The molecule has 3 rings (SSSR count). The molecule has 6 heteroatoms. The molecule has 2 heterocycles. The molecule has 0 amide bonds. The highest BCUT2D eigenvalue weighted by molar-refractivity contribution is 9.10. The van der Waals surface area contributed by atoms with Crippen molar-refractivity contribution < 1.29 is 4.52 Å². The molecule has 3 aromatic rings. The van der Waals surface area contributed by atoms with Crippen LogP contribution in [-0.2, 0) is 0 Å². The first-order valence-electron chi connectivity index (χ1n) is 7.39. The van der Waals surface area contributed by atoms with Crippen molar-refractivity contribution in [3.05, 3.63) is 58.5 Å². The van der Waals surface area contributed by atoms with Gasteiger partial charge in [-0.25, -0.2) is 4.98 Å². The van der Waals surface area contributed by atoms with Gasteiger partial charge in [-0.15, -0.1) is 0 Å². The summed E-state index contributed by atoms with van der Waals surface area (Å²) in [4.78, 5) is 8.95. The Morgan fingerprint density at radius 3 is 2.65 bits per heavy atom. The van der Waals surface area contributed by atoms with Crippen molar-refractivity contribution in [2.45, 2.75) is 19.8 Å². The lowest BCUT2D eigenvalue weighted by atomic mass is 10.2. The molecule has 1 atom stereocenters. The van der Waals surface area contributed by atoms with E-state index >= 15 is 0 Å². The molecule has 0 aliphatic carbocycles. The van der Waals surface area contributed by atoms with Crippen LogP contribution in [0.3, 0.4) is 0 Å². The van der Waals surface area contributed by atoms with Gasteiger partial charge in [0.2, 0.25) is 11.7 Å². The lowest BCUT2D eigenvalue weighted by Crippen LogP contribution is -2.11. The van der Waals surface area contributed by atoms with Crippen molar-refractivity contribution in [3.63, 3.8) is 0 Å². The highest BCUT2D eigenvalue weighted by Crippen LogP contribution is 2.21. The van der Waals surface area contributed by atoms with Gasteiger partial charge < -0.3 is 9.84 Å². The van der Waals surface area contributed by atoms with Crippen LogP contribution in [-0.4, -0.2) is 21.7 Å². The summed E-state index contributed by atoms with van der Waals surface area (Å²) in [6.07, 6.45) is 0. The Morgan fingerprint density at radius 2 is 1.91 bits per heavy atom. The minimum absolute atomic E-state index is 0.0886. The van der Waals surface area contributed by atoms with Crippen LogP contribution in [0.25, 0.3) is 11.4 Å². The second kappa shape index (κ2) is 6.91. The second-order valence-electron chi connectivity index (χ2n) is 5.37. The number of hydrogen-bond acceptors (Lipinski definition) is 5. The smallest absolute Gasteiger partial charge is 0.231 e. The molecule has 1 aromatic carbocycles. The molecule has 0 fully saturated rings. The van der Waals surface area contributed by atoms with Crippen molar-refractivity contribution in [1.29, 1.82) is 0 Å². The fourth-order valence-electron chi connectivity index (χ4n) is 2.13. The second-order valence-corrected chi connectivity index (χ2v) is 6.22. The fourth-order valence-corrected chi connectivity index (χ4v) is 2.35. The Kier molecular flexibility index (Phi) is 4.71. The zero-order chi connectivity index (χ0) is 16.2. The molecule has 0 radical (unpaired) electrons. The summed E-state index contributed by atoms with van der Waals surface area (Å²) < 4.78 is 6.38. The van der Waals surface area contributed by atoms with Gasteiger partial charge in [-0.3, -0.25) is 0 Å². The number of nitrogens with zero attached hydrogens (tertiary/aromatic N) is 3. The van der Waals surface area contributed by atoms with Gasteiger partial charge in [0.15, 0.2) is 0 Å². The van der Waals surface area contributed by atoms with Crippen molar-refractivity contribution in [1.82, 2.24) is 15.1 Å². The minimum Gasteiger partial charge on any atom is -0.369 e. The van der Waals surface area contributed by atoms with Gasteiger partial charge in [0.1, 0.15) is 5.82 Å². The number of rotatable bonds is 5. The van der Waals surface area contributed by atoms with Gasteiger partial charge in [-0.1, -0.05) is 42.4 Å². The molecule has 0 saturated carbocycles. The van der Waals surface area contributed by atoms with Gasteiger partial charge in [-0.05, 0) is 35.0 Å². The highest BCUT2D eigenvalue weighted by Gasteiger charge is 2.15. The summed E-state index contributed by atoms with van der Waals surface area (Å²) in [7, 11) is 0. The third-order valence-corrected chi connectivity index (χ3v) is 4.34. The van der Waals surface area contributed by atoms with E-state index in [2.05, 4.69) is 36.4 Å². The molecule has 1 N–H and O–H groups in total. The molecule has 2 aromatic heterocycles. The Bertz CT molecular complexity index is 788. The van der Waals surface area contributed by atoms with E-state index in [0.717, 1.165) is 21.5 Å². The van der Waals surface area contributed by atoms with Crippen molar-refractivity contribution in [3.8, 4) is 11.4 Å². The molecule has 118 valence electrons. The van der Waals surface area contributed by atoms with E-state index in [1.165, 1.54) is 0 Å². The van der Waals surface area contributed by atoms with E-state index in [9.17, 15) is 0 Å².